The van der Waals surface area contributed by atoms with Crippen molar-refractivity contribution in [2.75, 3.05) is 6.61 Å². The highest BCUT2D eigenvalue weighted by Gasteiger charge is 2.81. The number of fused-ring (bicyclic) bond motifs is 3. The Balaban J connectivity index is 1.58. The van der Waals surface area contributed by atoms with E-state index in [2.05, 4.69) is 6.92 Å². The average molecular weight is 358 g/mol. The van der Waals surface area contributed by atoms with Gasteiger partial charge in [-0.1, -0.05) is 18.6 Å². The fraction of sp³-hybridized carbons (Fsp3) is 0.714. The second-order valence-electron chi connectivity index (χ2n) is 9.36. The summed E-state index contributed by atoms with van der Waals surface area (Å²) in [5, 5.41) is 20.6. The van der Waals surface area contributed by atoms with Gasteiger partial charge in [0.05, 0.1) is 6.10 Å². The fourth-order valence-electron chi connectivity index (χ4n) is 7.24. The van der Waals surface area contributed by atoms with Crippen LogP contribution in [0.3, 0.4) is 0 Å². The Labute approximate surface area is 153 Å². The van der Waals surface area contributed by atoms with Crippen LogP contribution in [0.5, 0.6) is 0 Å². The molecule has 4 aliphatic carbocycles. The van der Waals surface area contributed by atoms with Crippen molar-refractivity contribution in [1.29, 1.82) is 0 Å². The fourth-order valence-corrected chi connectivity index (χ4v) is 7.24. The van der Waals surface area contributed by atoms with Gasteiger partial charge in [-0.2, -0.15) is 0 Å². The highest BCUT2D eigenvalue weighted by Crippen LogP contribution is 2.75. The molecule has 0 bridgehead atoms. The maximum atomic E-state index is 12.4. The minimum absolute atomic E-state index is 0.0172. The molecular formula is C21H26O5. The number of carbonyl (C=O) groups excluding carboxylic acids is 2. The van der Waals surface area contributed by atoms with Gasteiger partial charge < -0.3 is 14.9 Å². The van der Waals surface area contributed by atoms with Crippen molar-refractivity contribution in [2.24, 2.45) is 22.7 Å². The lowest BCUT2D eigenvalue weighted by molar-refractivity contribution is -0.159. The highest BCUT2D eigenvalue weighted by atomic mass is 16.6. The summed E-state index contributed by atoms with van der Waals surface area (Å²) in [6.07, 6.45) is 9.04. The van der Waals surface area contributed by atoms with Crippen molar-refractivity contribution in [3.63, 3.8) is 0 Å². The largest absolute Gasteiger partial charge is 0.388 e. The number of ketones is 2. The molecule has 5 aliphatic rings. The molecule has 0 aromatic heterocycles. The number of allylic oxidation sites excluding steroid dienone is 2. The molecule has 2 N–H and O–H groups in total. The molecule has 5 nitrogen and oxygen atoms in total. The lowest BCUT2D eigenvalue weighted by atomic mass is 9.47. The van der Waals surface area contributed by atoms with E-state index in [-0.39, 0.29) is 34.7 Å². The number of aliphatic hydroxyl groups is 2. The summed E-state index contributed by atoms with van der Waals surface area (Å²) in [6.45, 7) is 3.57. The second kappa shape index (κ2) is 4.75. The SMILES string of the molecule is CC12C=CC(=O)C=C1CCC1C3CC[C@@](O)(C(=O)CO)C3(C)CC3OC312. The molecule has 1 spiro atoms. The molecule has 4 fully saturated rings. The summed E-state index contributed by atoms with van der Waals surface area (Å²) in [4.78, 5) is 24.3. The molecule has 5 heteroatoms. The van der Waals surface area contributed by atoms with E-state index in [0.717, 1.165) is 24.8 Å². The van der Waals surface area contributed by atoms with Gasteiger partial charge in [0, 0.05) is 10.8 Å². The van der Waals surface area contributed by atoms with Crippen molar-refractivity contribution in [2.45, 2.75) is 63.3 Å². The standard InChI is InChI=1S/C21H26O5/c1-18-7-5-13(23)9-12(18)3-4-15-14-6-8-20(25,16(24)11-22)19(14,2)10-17-21(15,18)26-17/h5,7,9,14-15,17,22,25H,3-4,6,8,10-11H2,1-2H3/t14?,15?,17?,18?,19?,20-,21?/m1/s1. The Hall–Kier alpha value is -1.30. The third-order valence-electron chi connectivity index (χ3n) is 8.69. The number of epoxide rings is 1. The van der Waals surface area contributed by atoms with E-state index in [1.165, 1.54) is 0 Å². The summed E-state index contributed by atoms with van der Waals surface area (Å²) < 4.78 is 6.40. The average Bonchev–Trinajstić information content (AvgIpc) is 3.27. The number of hydrogen-bond acceptors (Lipinski definition) is 5. The third-order valence-corrected chi connectivity index (χ3v) is 8.69. The number of rotatable bonds is 2. The quantitative estimate of drug-likeness (QED) is 0.734. The maximum absolute atomic E-state index is 12.4. The monoisotopic (exact) mass is 358 g/mol. The van der Waals surface area contributed by atoms with Gasteiger partial charge in [-0.25, -0.2) is 0 Å². The van der Waals surface area contributed by atoms with Crippen molar-refractivity contribution in [1.82, 2.24) is 0 Å². The number of Topliss-reactive ketones (excluding diaryl/α,β-unsaturated/α-hetero) is 1. The molecule has 1 aliphatic heterocycles. The number of hydrogen-bond donors (Lipinski definition) is 2. The molecular weight excluding hydrogens is 332 g/mol. The van der Waals surface area contributed by atoms with Gasteiger partial charge in [-0.15, -0.1) is 0 Å². The number of carbonyl (C=O) groups is 2. The minimum atomic E-state index is -1.46. The maximum Gasteiger partial charge on any atom is 0.190 e. The molecule has 0 aromatic carbocycles. The first kappa shape index (κ1) is 16.8. The summed E-state index contributed by atoms with van der Waals surface area (Å²) in [5.74, 6) is 0.0355. The van der Waals surface area contributed by atoms with E-state index in [1.54, 1.807) is 12.2 Å². The van der Waals surface area contributed by atoms with E-state index < -0.39 is 23.4 Å². The molecule has 7 atom stereocenters. The van der Waals surface area contributed by atoms with Crippen LogP contribution in [0.4, 0.5) is 0 Å². The van der Waals surface area contributed by atoms with Crippen LogP contribution in [-0.2, 0) is 14.3 Å². The molecule has 1 saturated heterocycles. The predicted molar refractivity (Wildman–Crippen MR) is 93.2 cm³/mol. The van der Waals surface area contributed by atoms with Crippen LogP contribution in [0, 0.1) is 22.7 Å². The van der Waals surface area contributed by atoms with Crippen molar-refractivity contribution >= 4 is 11.6 Å². The molecule has 0 radical (unpaired) electrons. The summed E-state index contributed by atoms with van der Waals surface area (Å²) in [6, 6.07) is 0. The Morgan fingerprint density at radius 3 is 2.81 bits per heavy atom. The van der Waals surface area contributed by atoms with E-state index >= 15 is 0 Å². The van der Waals surface area contributed by atoms with Gasteiger partial charge >= 0.3 is 0 Å². The van der Waals surface area contributed by atoms with Gasteiger partial charge in [0.25, 0.3) is 0 Å². The second-order valence-corrected chi connectivity index (χ2v) is 9.36. The van der Waals surface area contributed by atoms with Gasteiger partial charge in [0.2, 0.25) is 0 Å². The zero-order chi connectivity index (χ0) is 18.5. The van der Waals surface area contributed by atoms with E-state index in [4.69, 9.17) is 4.74 Å². The van der Waals surface area contributed by atoms with Crippen LogP contribution in [0.25, 0.3) is 0 Å². The van der Waals surface area contributed by atoms with E-state index in [9.17, 15) is 19.8 Å². The van der Waals surface area contributed by atoms with Crippen molar-refractivity contribution in [3.8, 4) is 0 Å². The predicted octanol–water partition coefficient (Wildman–Crippen LogP) is 1.72. The van der Waals surface area contributed by atoms with E-state index in [0.29, 0.717) is 12.8 Å². The topological polar surface area (TPSA) is 87.1 Å². The summed E-state index contributed by atoms with van der Waals surface area (Å²) in [7, 11) is 0. The Morgan fingerprint density at radius 2 is 2.08 bits per heavy atom. The molecule has 6 unspecified atom stereocenters. The van der Waals surface area contributed by atoms with Crippen LogP contribution >= 0.6 is 0 Å². The normalized spacial score (nSPS) is 53.9. The molecule has 3 saturated carbocycles. The van der Waals surface area contributed by atoms with Crippen LogP contribution < -0.4 is 0 Å². The minimum Gasteiger partial charge on any atom is -0.388 e. The third kappa shape index (κ3) is 1.60. The van der Waals surface area contributed by atoms with Crippen LogP contribution in [0.1, 0.15) is 46.0 Å². The molecule has 0 aromatic rings. The van der Waals surface area contributed by atoms with Crippen LogP contribution in [-0.4, -0.2) is 45.7 Å². The van der Waals surface area contributed by atoms with Gasteiger partial charge in [-0.05, 0) is 63.0 Å². The van der Waals surface area contributed by atoms with Crippen LogP contribution in [0.15, 0.2) is 23.8 Å². The Kier molecular flexibility index (Phi) is 3.08. The molecule has 5 rings (SSSR count). The number of ether oxygens (including phenoxy) is 1. The molecule has 0 amide bonds. The first-order valence-electron chi connectivity index (χ1n) is 9.71. The summed E-state index contributed by atoms with van der Waals surface area (Å²) >= 11 is 0. The van der Waals surface area contributed by atoms with Crippen LogP contribution in [0.2, 0.25) is 0 Å². The van der Waals surface area contributed by atoms with Crippen molar-refractivity contribution in [3.05, 3.63) is 23.8 Å². The summed E-state index contributed by atoms with van der Waals surface area (Å²) in [5.41, 5.74) is -1.45. The lowest BCUT2D eigenvalue weighted by Crippen LogP contribution is -2.61. The van der Waals surface area contributed by atoms with Gasteiger partial charge in [0.1, 0.15) is 17.8 Å². The van der Waals surface area contributed by atoms with E-state index in [1.807, 2.05) is 13.0 Å². The molecule has 140 valence electrons. The Morgan fingerprint density at radius 1 is 1.31 bits per heavy atom. The Bertz CT molecular complexity index is 783. The van der Waals surface area contributed by atoms with Gasteiger partial charge in [-0.3, -0.25) is 9.59 Å². The van der Waals surface area contributed by atoms with Crippen molar-refractivity contribution < 1.29 is 24.5 Å². The first-order chi connectivity index (χ1) is 12.2. The molecule has 26 heavy (non-hydrogen) atoms. The first-order valence-corrected chi connectivity index (χ1v) is 9.71. The number of aliphatic hydroxyl groups excluding tert-OH is 1. The lowest BCUT2D eigenvalue weighted by Gasteiger charge is -2.55. The zero-order valence-corrected chi connectivity index (χ0v) is 15.3. The highest BCUT2D eigenvalue weighted by molar-refractivity contribution is 6.01. The molecule has 1 heterocycles. The smallest absolute Gasteiger partial charge is 0.190 e. The zero-order valence-electron chi connectivity index (χ0n) is 15.3. The van der Waals surface area contributed by atoms with Gasteiger partial charge in [0.15, 0.2) is 11.6 Å².